The van der Waals surface area contributed by atoms with Gasteiger partial charge in [0.15, 0.2) is 0 Å². The second kappa shape index (κ2) is 9.46. The summed E-state index contributed by atoms with van der Waals surface area (Å²) in [4.78, 5) is 59.1. The number of hydrogen-bond acceptors (Lipinski definition) is 9. The maximum atomic E-state index is 12.5. The minimum Gasteiger partial charge on any atom is -0.350 e. The van der Waals surface area contributed by atoms with Crippen molar-refractivity contribution in [3.63, 3.8) is 0 Å². The Bertz CT molecular complexity index is 1190. The summed E-state index contributed by atoms with van der Waals surface area (Å²) in [5.41, 5.74) is -0.153. The number of nitrogens with zero attached hydrogens (tertiary/aromatic N) is 3. The highest BCUT2D eigenvalue weighted by Gasteiger charge is 2.35. The Morgan fingerprint density at radius 1 is 1.19 bits per heavy atom. The molecular formula is C18H13ClN4O7S2. The first-order valence-corrected chi connectivity index (χ1v) is 10.8. The van der Waals surface area contributed by atoms with E-state index in [0.717, 1.165) is 16.2 Å². The van der Waals surface area contributed by atoms with Gasteiger partial charge in [0.25, 0.3) is 28.4 Å². The maximum absolute atomic E-state index is 12.5. The normalized spacial score (nSPS) is 14.8. The Labute approximate surface area is 193 Å². The molecule has 11 nitrogen and oxygen atoms in total. The van der Waals surface area contributed by atoms with Crippen LogP contribution in [-0.4, -0.2) is 44.9 Å². The SMILES string of the molecule is Cc1sc(C(=O)NCCN2C(=O)S/C(=C/c3ccc(Cl)c([N+](=O)[O-])c3)C2=O)cc1[N+](=O)[O-]. The summed E-state index contributed by atoms with van der Waals surface area (Å²) < 4.78 is 0. The average molecular weight is 497 g/mol. The molecule has 0 saturated carbocycles. The molecule has 2 heterocycles. The molecular weight excluding hydrogens is 484 g/mol. The van der Waals surface area contributed by atoms with Gasteiger partial charge < -0.3 is 5.32 Å². The summed E-state index contributed by atoms with van der Waals surface area (Å²) >= 11 is 7.41. The zero-order valence-electron chi connectivity index (χ0n) is 16.2. The number of thiophene rings is 1. The van der Waals surface area contributed by atoms with Crippen LogP contribution >= 0.6 is 34.7 Å². The Kier molecular flexibility index (Phi) is 6.91. The predicted molar refractivity (Wildman–Crippen MR) is 119 cm³/mol. The van der Waals surface area contributed by atoms with E-state index in [0.29, 0.717) is 22.2 Å². The number of carbonyl (C=O) groups is 3. The maximum Gasteiger partial charge on any atom is 0.293 e. The fourth-order valence-electron chi connectivity index (χ4n) is 2.74. The van der Waals surface area contributed by atoms with E-state index in [-0.39, 0.29) is 39.3 Å². The molecule has 0 unspecified atom stereocenters. The van der Waals surface area contributed by atoms with Gasteiger partial charge in [-0.2, -0.15) is 0 Å². The molecule has 14 heteroatoms. The number of nitro benzene ring substituents is 1. The third-order valence-electron chi connectivity index (χ3n) is 4.27. The third kappa shape index (κ3) is 4.95. The van der Waals surface area contributed by atoms with Crippen molar-refractivity contribution in [3.05, 3.63) is 69.7 Å². The minimum absolute atomic E-state index is 0.0535. The second-order valence-corrected chi connectivity index (χ2v) is 9.02. The first-order valence-electron chi connectivity index (χ1n) is 8.81. The molecule has 1 aliphatic rings. The van der Waals surface area contributed by atoms with Gasteiger partial charge >= 0.3 is 0 Å². The molecule has 1 saturated heterocycles. The summed E-state index contributed by atoms with van der Waals surface area (Å²) in [6.45, 7) is 1.36. The summed E-state index contributed by atoms with van der Waals surface area (Å²) in [5, 5.41) is 23.8. The van der Waals surface area contributed by atoms with Gasteiger partial charge in [-0.05, 0) is 36.4 Å². The highest BCUT2D eigenvalue weighted by atomic mass is 35.5. The molecule has 3 amide bonds. The molecule has 2 aromatic rings. The molecule has 0 radical (unpaired) electrons. The second-order valence-electron chi connectivity index (χ2n) is 6.37. The highest BCUT2D eigenvalue weighted by Crippen LogP contribution is 2.33. The van der Waals surface area contributed by atoms with E-state index in [2.05, 4.69) is 5.32 Å². The fourth-order valence-corrected chi connectivity index (χ4v) is 4.69. The van der Waals surface area contributed by atoms with Gasteiger partial charge in [0.2, 0.25) is 0 Å². The van der Waals surface area contributed by atoms with E-state index in [1.165, 1.54) is 37.3 Å². The lowest BCUT2D eigenvalue weighted by Crippen LogP contribution is -2.37. The average Bonchev–Trinajstić information content (AvgIpc) is 3.24. The fraction of sp³-hybridized carbons (Fsp3) is 0.167. The van der Waals surface area contributed by atoms with Crippen molar-refractivity contribution in [3.8, 4) is 0 Å². The van der Waals surface area contributed by atoms with Gasteiger partial charge in [0, 0.05) is 25.2 Å². The number of carbonyl (C=O) groups excluding carboxylic acids is 3. The number of aryl methyl sites for hydroxylation is 1. The number of nitrogens with one attached hydrogen (secondary N) is 1. The molecule has 1 aromatic carbocycles. The lowest BCUT2D eigenvalue weighted by Gasteiger charge is -2.12. The first kappa shape index (κ1) is 23.4. The number of nitro groups is 2. The Hall–Kier alpha value is -3.29. The van der Waals surface area contributed by atoms with Crippen molar-refractivity contribution in [1.82, 2.24) is 10.2 Å². The number of rotatable bonds is 7. The van der Waals surface area contributed by atoms with Crippen LogP contribution in [0.1, 0.15) is 20.1 Å². The van der Waals surface area contributed by atoms with Crippen molar-refractivity contribution in [2.45, 2.75) is 6.92 Å². The molecule has 1 fully saturated rings. The minimum atomic E-state index is -0.655. The van der Waals surface area contributed by atoms with E-state index in [9.17, 15) is 34.6 Å². The van der Waals surface area contributed by atoms with E-state index in [4.69, 9.17) is 11.6 Å². The van der Waals surface area contributed by atoms with Crippen LogP contribution in [0.15, 0.2) is 29.2 Å². The Morgan fingerprint density at radius 3 is 2.50 bits per heavy atom. The van der Waals surface area contributed by atoms with Gasteiger partial charge in [0.05, 0.1) is 24.5 Å². The predicted octanol–water partition coefficient (Wildman–Crippen LogP) is 3.99. The number of imide groups is 1. The molecule has 0 bridgehead atoms. The van der Waals surface area contributed by atoms with Gasteiger partial charge in [-0.1, -0.05) is 17.7 Å². The van der Waals surface area contributed by atoms with E-state index < -0.39 is 26.9 Å². The number of amides is 3. The largest absolute Gasteiger partial charge is 0.350 e. The quantitative estimate of drug-likeness (QED) is 0.343. The van der Waals surface area contributed by atoms with Crippen LogP contribution in [0.5, 0.6) is 0 Å². The van der Waals surface area contributed by atoms with E-state index in [1.807, 2.05) is 0 Å². The summed E-state index contributed by atoms with van der Waals surface area (Å²) in [7, 11) is 0. The van der Waals surface area contributed by atoms with Crippen LogP contribution in [-0.2, 0) is 4.79 Å². The van der Waals surface area contributed by atoms with Crippen LogP contribution in [0.25, 0.3) is 6.08 Å². The molecule has 32 heavy (non-hydrogen) atoms. The molecule has 1 N–H and O–H groups in total. The molecule has 0 atom stereocenters. The molecule has 1 aliphatic heterocycles. The lowest BCUT2D eigenvalue weighted by molar-refractivity contribution is -0.385. The summed E-state index contributed by atoms with van der Waals surface area (Å²) in [6.07, 6.45) is 1.35. The van der Waals surface area contributed by atoms with Gasteiger partial charge in [0.1, 0.15) is 5.02 Å². The zero-order chi connectivity index (χ0) is 23.6. The monoisotopic (exact) mass is 496 g/mol. The Morgan fingerprint density at radius 2 is 1.88 bits per heavy atom. The molecule has 166 valence electrons. The number of benzene rings is 1. The zero-order valence-corrected chi connectivity index (χ0v) is 18.6. The van der Waals surface area contributed by atoms with Gasteiger partial charge in [-0.3, -0.25) is 39.5 Å². The van der Waals surface area contributed by atoms with Crippen LogP contribution < -0.4 is 5.32 Å². The number of thioether (sulfide) groups is 1. The van der Waals surface area contributed by atoms with Gasteiger partial charge in [-0.25, -0.2) is 0 Å². The lowest BCUT2D eigenvalue weighted by atomic mass is 10.2. The van der Waals surface area contributed by atoms with Crippen LogP contribution in [0.3, 0.4) is 0 Å². The van der Waals surface area contributed by atoms with Crippen molar-refractivity contribution in [2.75, 3.05) is 13.1 Å². The topological polar surface area (TPSA) is 153 Å². The molecule has 3 rings (SSSR count). The molecule has 0 spiro atoms. The van der Waals surface area contributed by atoms with E-state index in [1.54, 1.807) is 0 Å². The molecule has 0 aliphatic carbocycles. The standard InChI is InChI=1S/C18H13ClN4O7S2/c1-9-12(22(27)28)8-14(31-9)16(24)20-4-5-21-17(25)15(32-18(21)26)7-10-2-3-11(19)13(6-10)23(29)30/h2-3,6-8H,4-5H2,1H3,(H,20,24)/b15-7+. The summed E-state index contributed by atoms with van der Waals surface area (Å²) in [6, 6.07) is 5.16. The van der Waals surface area contributed by atoms with Crippen molar-refractivity contribution < 1.29 is 24.2 Å². The highest BCUT2D eigenvalue weighted by molar-refractivity contribution is 8.18. The van der Waals surface area contributed by atoms with Crippen LogP contribution in [0, 0.1) is 27.2 Å². The van der Waals surface area contributed by atoms with Crippen molar-refractivity contribution in [1.29, 1.82) is 0 Å². The smallest absolute Gasteiger partial charge is 0.293 e. The third-order valence-corrected chi connectivity index (χ3v) is 6.54. The number of hydrogen-bond donors (Lipinski definition) is 1. The Balaban J connectivity index is 1.64. The first-order chi connectivity index (χ1) is 15.1. The summed E-state index contributed by atoms with van der Waals surface area (Å²) in [5.74, 6) is -1.16. The van der Waals surface area contributed by atoms with Gasteiger partial charge in [-0.15, -0.1) is 11.3 Å². The van der Waals surface area contributed by atoms with Crippen LogP contribution in [0.2, 0.25) is 5.02 Å². The molecule has 1 aromatic heterocycles. The van der Waals surface area contributed by atoms with Crippen molar-refractivity contribution >= 4 is 69.2 Å². The van der Waals surface area contributed by atoms with E-state index >= 15 is 0 Å². The van der Waals surface area contributed by atoms with Crippen molar-refractivity contribution in [2.24, 2.45) is 0 Å². The number of halogens is 1. The van der Waals surface area contributed by atoms with Crippen LogP contribution in [0.4, 0.5) is 16.2 Å².